The van der Waals surface area contributed by atoms with Crippen molar-refractivity contribution in [2.45, 2.75) is 26.8 Å². The summed E-state index contributed by atoms with van der Waals surface area (Å²) in [6, 6.07) is 4.71. The Labute approximate surface area is 202 Å². The number of halogens is 2. The number of azo groups is 1. The lowest BCUT2D eigenvalue weighted by Crippen LogP contribution is -2.31. The first-order valence-corrected chi connectivity index (χ1v) is 10.7. The van der Waals surface area contributed by atoms with Crippen molar-refractivity contribution in [1.82, 2.24) is 0 Å². The van der Waals surface area contributed by atoms with Crippen LogP contribution in [0.4, 0.5) is 11.4 Å². The Balaban J connectivity index is 2.36. The number of ketones is 1. The Morgan fingerprint density at radius 3 is 2.12 bits per heavy atom. The number of benzene rings is 2. The molecule has 0 heterocycles. The molecule has 1 atom stereocenters. The number of amides is 1. The Morgan fingerprint density at radius 1 is 1.00 bits per heavy atom. The Hall–Kier alpha value is -3.04. The summed E-state index contributed by atoms with van der Waals surface area (Å²) in [5, 5.41) is 11.2. The molecule has 0 bridgehead atoms. The molecule has 2 aromatic rings. The molecule has 1 unspecified atom stereocenters. The molecule has 11 heteroatoms. The second-order valence-electron chi connectivity index (χ2n) is 6.53. The van der Waals surface area contributed by atoms with Gasteiger partial charge in [0.15, 0.2) is 11.5 Å². The second kappa shape index (κ2) is 12.3. The summed E-state index contributed by atoms with van der Waals surface area (Å²) in [5.74, 6) is 0.0642. The maximum atomic E-state index is 12.8. The van der Waals surface area contributed by atoms with Crippen LogP contribution in [0.3, 0.4) is 0 Å². The minimum Gasteiger partial charge on any atom is -0.495 e. The fourth-order valence-electron chi connectivity index (χ4n) is 2.76. The first-order chi connectivity index (χ1) is 15.7. The highest BCUT2D eigenvalue weighted by Crippen LogP contribution is 2.40. The number of Topliss-reactive ketones (excluding diaryl/α,β-unsaturated/α-hetero) is 1. The van der Waals surface area contributed by atoms with Gasteiger partial charge in [-0.3, -0.25) is 9.59 Å². The highest BCUT2D eigenvalue weighted by molar-refractivity contribution is 6.33. The third kappa shape index (κ3) is 6.72. The number of ether oxygens (including phenoxy) is 4. The number of carbonyl (C=O) groups excluding carboxylic acids is 2. The number of carbonyl (C=O) groups is 2. The Bertz CT molecular complexity index is 1020. The van der Waals surface area contributed by atoms with Gasteiger partial charge in [0.1, 0.15) is 28.0 Å². The summed E-state index contributed by atoms with van der Waals surface area (Å²) in [5.41, 5.74) is 0.526. The number of hydrogen-bond acceptors (Lipinski definition) is 8. The Kier molecular flexibility index (Phi) is 9.74. The molecular formula is C22H25Cl2N3O6. The molecule has 0 radical (unpaired) electrons. The summed E-state index contributed by atoms with van der Waals surface area (Å²) in [6.07, 6.45) is 0. The fourth-order valence-corrected chi connectivity index (χ4v) is 3.28. The van der Waals surface area contributed by atoms with Crippen molar-refractivity contribution >= 4 is 46.3 Å². The predicted octanol–water partition coefficient (Wildman–Crippen LogP) is 5.49. The number of nitrogens with one attached hydrogen (secondary N) is 1. The van der Waals surface area contributed by atoms with Crippen molar-refractivity contribution in [3.8, 4) is 23.0 Å². The Morgan fingerprint density at radius 2 is 1.61 bits per heavy atom. The molecule has 2 rings (SSSR count). The average molecular weight is 498 g/mol. The van der Waals surface area contributed by atoms with Gasteiger partial charge in [0.2, 0.25) is 6.04 Å². The van der Waals surface area contributed by atoms with E-state index < -0.39 is 17.7 Å². The smallest absolute Gasteiger partial charge is 0.258 e. The molecule has 0 aromatic heterocycles. The van der Waals surface area contributed by atoms with Crippen molar-refractivity contribution in [1.29, 1.82) is 0 Å². The summed E-state index contributed by atoms with van der Waals surface area (Å²) in [6.45, 7) is 5.58. The van der Waals surface area contributed by atoms with Crippen LogP contribution in [0.25, 0.3) is 0 Å². The largest absolute Gasteiger partial charge is 0.495 e. The molecule has 0 aliphatic carbocycles. The van der Waals surface area contributed by atoms with Gasteiger partial charge in [-0.1, -0.05) is 23.2 Å². The van der Waals surface area contributed by atoms with E-state index in [1.807, 2.05) is 6.92 Å². The zero-order valence-corrected chi connectivity index (χ0v) is 20.4. The molecule has 1 amide bonds. The van der Waals surface area contributed by atoms with Gasteiger partial charge in [-0.15, -0.1) is 0 Å². The standard InChI is InChI=1S/C22H25Cl2N3O6/c1-6-32-14-10-15(23)21(33-7-2)16(11-14)26-27-20(12(3)28)22(29)25-13-8-17(30-4)19(24)18(9-13)31-5/h8-11,20H,6-7H2,1-5H3,(H,25,29). The average Bonchev–Trinajstić information content (AvgIpc) is 2.77. The molecule has 0 fully saturated rings. The van der Waals surface area contributed by atoms with E-state index in [1.165, 1.54) is 33.3 Å². The maximum absolute atomic E-state index is 12.8. The summed E-state index contributed by atoms with van der Waals surface area (Å²) < 4.78 is 21.4. The van der Waals surface area contributed by atoms with Gasteiger partial charge in [0.25, 0.3) is 5.91 Å². The van der Waals surface area contributed by atoms with E-state index in [-0.39, 0.29) is 33.0 Å². The van der Waals surface area contributed by atoms with Crippen molar-refractivity contribution in [2.24, 2.45) is 10.2 Å². The van der Waals surface area contributed by atoms with Gasteiger partial charge in [0.05, 0.1) is 32.5 Å². The highest BCUT2D eigenvalue weighted by atomic mass is 35.5. The summed E-state index contributed by atoms with van der Waals surface area (Å²) in [4.78, 5) is 25.0. The van der Waals surface area contributed by atoms with Crippen LogP contribution in [-0.4, -0.2) is 45.2 Å². The van der Waals surface area contributed by atoms with E-state index in [0.29, 0.717) is 24.7 Å². The number of anilines is 1. The van der Waals surface area contributed by atoms with Crippen LogP contribution in [0.1, 0.15) is 20.8 Å². The van der Waals surface area contributed by atoms with Crippen molar-refractivity contribution in [3.05, 3.63) is 34.3 Å². The van der Waals surface area contributed by atoms with Gasteiger partial charge in [-0.2, -0.15) is 10.2 Å². The SMILES string of the molecule is CCOc1cc(Cl)c(OCC)c(N=NC(C(C)=O)C(=O)Nc2cc(OC)c(Cl)c(OC)c2)c1. The lowest BCUT2D eigenvalue weighted by atomic mass is 10.2. The molecule has 0 saturated heterocycles. The van der Waals surface area contributed by atoms with Crippen LogP contribution >= 0.6 is 23.2 Å². The number of rotatable bonds is 11. The lowest BCUT2D eigenvalue weighted by molar-refractivity contribution is -0.126. The third-order valence-corrected chi connectivity index (χ3v) is 4.88. The van der Waals surface area contributed by atoms with Crippen LogP contribution in [-0.2, 0) is 9.59 Å². The molecule has 33 heavy (non-hydrogen) atoms. The van der Waals surface area contributed by atoms with E-state index in [2.05, 4.69) is 15.5 Å². The second-order valence-corrected chi connectivity index (χ2v) is 7.32. The lowest BCUT2D eigenvalue weighted by Gasteiger charge is -2.14. The van der Waals surface area contributed by atoms with Gasteiger partial charge in [-0.25, -0.2) is 0 Å². The number of nitrogens with zero attached hydrogens (tertiary/aromatic N) is 2. The molecule has 2 aromatic carbocycles. The molecular weight excluding hydrogens is 473 g/mol. The van der Waals surface area contributed by atoms with Crippen molar-refractivity contribution in [2.75, 3.05) is 32.8 Å². The first-order valence-electron chi connectivity index (χ1n) is 9.98. The van der Waals surface area contributed by atoms with Crippen LogP contribution in [0.5, 0.6) is 23.0 Å². The minimum absolute atomic E-state index is 0.224. The zero-order valence-electron chi connectivity index (χ0n) is 18.9. The van der Waals surface area contributed by atoms with E-state index in [4.69, 9.17) is 42.1 Å². The quantitative estimate of drug-likeness (QED) is 0.324. The van der Waals surface area contributed by atoms with Crippen molar-refractivity contribution in [3.63, 3.8) is 0 Å². The van der Waals surface area contributed by atoms with Crippen molar-refractivity contribution < 1.29 is 28.5 Å². The number of methoxy groups -OCH3 is 2. The predicted molar refractivity (Wildman–Crippen MR) is 126 cm³/mol. The topological polar surface area (TPSA) is 108 Å². The summed E-state index contributed by atoms with van der Waals surface area (Å²) in [7, 11) is 2.85. The first kappa shape index (κ1) is 26.2. The molecule has 0 aliphatic rings. The molecule has 1 N–H and O–H groups in total. The molecule has 9 nitrogen and oxygen atoms in total. The van der Waals surface area contributed by atoms with Gasteiger partial charge >= 0.3 is 0 Å². The van der Waals surface area contributed by atoms with E-state index >= 15 is 0 Å². The maximum Gasteiger partial charge on any atom is 0.258 e. The number of hydrogen-bond donors (Lipinski definition) is 1. The molecule has 0 saturated carbocycles. The van der Waals surface area contributed by atoms with E-state index in [9.17, 15) is 9.59 Å². The van der Waals surface area contributed by atoms with Crippen LogP contribution in [0, 0.1) is 0 Å². The summed E-state index contributed by atoms with van der Waals surface area (Å²) >= 11 is 12.4. The van der Waals surface area contributed by atoms with Gasteiger partial charge in [0, 0.05) is 30.0 Å². The monoisotopic (exact) mass is 497 g/mol. The van der Waals surface area contributed by atoms with E-state index in [1.54, 1.807) is 19.1 Å². The van der Waals surface area contributed by atoms with Crippen LogP contribution in [0.2, 0.25) is 10.0 Å². The van der Waals surface area contributed by atoms with E-state index in [0.717, 1.165) is 0 Å². The van der Waals surface area contributed by atoms with Crippen LogP contribution in [0.15, 0.2) is 34.5 Å². The molecule has 0 spiro atoms. The highest BCUT2D eigenvalue weighted by Gasteiger charge is 2.25. The minimum atomic E-state index is -1.43. The zero-order chi connectivity index (χ0) is 24.5. The van der Waals surface area contributed by atoms with Crippen LogP contribution < -0.4 is 24.3 Å². The van der Waals surface area contributed by atoms with Gasteiger partial charge < -0.3 is 24.3 Å². The molecule has 0 aliphatic heterocycles. The fraction of sp³-hybridized carbons (Fsp3) is 0.364. The molecule has 178 valence electrons. The normalized spacial score (nSPS) is 11.7. The van der Waals surface area contributed by atoms with Gasteiger partial charge in [-0.05, 0) is 20.8 Å². The third-order valence-electron chi connectivity index (χ3n) is 4.22.